The van der Waals surface area contributed by atoms with E-state index >= 15 is 0 Å². The minimum absolute atomic E-state index is 0.190. The van der Waals surface area contributed by atoms with E-state index in [1.165, 1.54) is 4.90 Å². The van der Waals surface area contributed by atoms with Crippen LogP contribution < -0.4 is 4.90 Å². The normalized spacial score (nSPS) is 21.7. The second-order valence-corrected chi connectivity index (χ2v) is 6.45. The van der Waals surface area contributed by atoms with E-state index < -0.39 is 10.8 Å². The SMILES string of the molecule is CN(C)/C=C1\C(=O)N(c2ccc(Br)cc2)C[S@]1=O. The lowest BCUT2D eigenvalue weighted by molar-refractivity contribution is -0.114. The summed E-state index contributed by atoms with van der Waals surface area (Å²) in [6.45, 7) is 0. The Labute approximate surface area is 117 Å². The van der Waals surface area contributed by atoms with Gasteiger partial charge in [-0.25, -0.2) is 0 Å². The molecule has 0 spiro atoms. The lowest BCUT2D eigenvalue weighted by Gasteiger charge is -2.14. The Kier molecular flexibility index (Phi) is 3.87. The highest BCUT2D eigenvalue weighted by atomic mass is 79.9. The summed E-state index contributed by atoms with van der Waals surface area (Å²) in [5.74, 6) is 0.0319. The van der Waals surface area contributed by atoms with Crippen LogP contribution in [0.3, 0.4) is 0 Å². The van der Waals surface area contributed by atoms with Crippen molar-refractivity contribution in [3.05, 3.63) is 39.8 Å². The van der Waals surface area contributed by atoms with Gasteiger partial charge < -0.3 is 4.90 Å². The molecular weight excluding hydrogens is 316 g/mol. The van der Waals surface area contributed by atoms with Crippen molar-refractivity contribution < 1.29 is 9.00 Å². The van der Waals surface area contributed by atoms with Crippen LogP contribution in [0.15, 0.2) is 39.8 Å². The Morgan fingerprint density at radius 1 is 1.33 bits per heavy atom. The fourth-order valence-corrected chi connectivity index (χ4v) is 3.17. The molecule has 1 amide bonds. The van der Waals surface area contributed by atoms with Crippen LogP contribution in [0.25, 0.3) is 0 Å². The topological polar surface area (TPSA) is 40.6 Å². The lowest BCUT2D eigenvalue weighted by atomic mass is 10.3. The minimum Gasteiger partial charge on any atom is -0.382 e. The molecule has 1 fully saturated rings. The molecule has 1 heterocycles. The van der Waals surface area contributed by atoms with Gasteiger partial charge in [-0.15, -0.1) is 0 Å². The highest BCUT2D eigenvalue weighted by Crippen LogP contribution is 2.26. The van der Waals surface area contributed by atoms with Crippen molar-refractivity contribution >= 4 is 38.3 Å². The number of rotatable bonds is 2. The second-order valence-electron chi connectivity index (χ2n) is 4.14. The summed E-state index contributed by atoms with van der Waals surface area (Å²) < 4.78 is 12.9. The molecular formula is C12H13BrN2O2S. The molecule has 96 valence electrons. The number of benzene rings is 1. The molecule has 1 aliphatic rings. The van der Waals surface area contributed by atoms with Crippen LogP contribution in [0.5, 0.6) is 0 Å². The lowest BCUT2D eigenvalue weighted by Crippen LogP contribution is -2.24. The zero-order chi connectivity index (χ0) is 13.3. The van der Waals surface area contributed by atoms with Crippen LogP contribution in [0.1, 0.15) is 0 Å². The summed E-state index contributed by atoms with van der Waals surface area (Å²) in [6.07, 6.45) is 1.62. The van der Waals surface area contributed by atoms with Gasteiger partial charge in [-0.2, -0.15) is 0 Å². The molecule has 6 heteroatoms. The number of amides is 1. The number of hydrogen-bond donors (Lipinski definition) is 0. The molecule has 0 unspecified atom stereocenters. The van der Waals surface area contributed by atoms with Gasteiger partial charge in [0.1, 0.15) is 10.8 Å². The van der Waals surface area contributed by atoms with Gasteiger partial charge in [0, 0.05) is 30.5 Å². The monoisotopic (exact) mass is 328 g/mol. The van der Waals surface area contributed by atoms with Gasteiger partial charge in [0.25, 0.3) is 5.91 Å². The second kappa shape index (κ2) is 5.24. The fraction of sp³-hybridized carbons (Fsp3) is 0.250. The quantitative estimate of drug-likeness (QED) is 0.778. The molecule has 0 N–H and O–H groups in total. The Morgan fingerprint density at radius 2 is 1.94 bits per heavy atom. The van der Waals surface area contributed by atoms with E-state index in [4.69, 9.17) is 0 Å². The van der Waals surface area contributed by atoms with Gasteiger partial charge in [-0.05, 0) is 24.3 Å². The molecule has 18 heavy (non-hydrogen) atoms. The molecule has 0 aliphatic carbocycles. The summed E-state index contributed by atoms with van der Waals surface area (Å²) in [4.78, 5) is 15.8. The van der Waals surface area contributed by atoms with Gasteiger partial charge in [0.05, 0.1) is 10.8 Å². The molecule has 0 radical (unpaired) electrons. The van der Waals surface area contributed by atoms with Gasteiger partial charge in [0.15, 0.2) is 0 Å². The van der Waals surface area contributed by atoms with Crippen molar-refractivity contribution in [1.29, 1.82) is 0 Å². The molecule has 1 aromatic carbocycles. The Morgan fingerprint density at radius 3 is 2.50 bits per heavy atom. The smallest absolute Gasteiger partial charge is 0.269 e. The third-order valence-electron chi connectivity index (χ3n) is 2.46. The maximum absolute atomic E-state index is 12.2. The fourth-order valence-electron chi connectivity index (χ4n) is 1.64. The van der Waals surface area contributed by atoms with Crippen LogP contribution in [0.2, 0.25) is 0 Å². The Bertz CT molecular complexity index is 525. The average Bonchev–Trinajstić information content (AvgIpc) is 2.58. The molecule has 0 bridgehead atoms. The summed E-state index contributed by atoms with van der Waals surface area (Å²) in [7, 11) is 2.35. The molecule has 1 aromatic rings. The summed E-state index contributed by atoms with van der Waals surface area (Å²) >= 11 is 3.34. The summed E-state index contributed by atoms with van der Waals surface area (Å²) in [5.41, 5.74) is 0.763. The van der Waals surface area contributed by atoms with Crippen LogP contribution in [0.4, 0.5) is 5.69 Å². The third kappa shape index (κ3) is 2.64. The molecule has 4 nitrogen and oxygen atoms in total. The summed E-state index contributed by atoms with van der Waals surface area (Å²) in [6, 6.07) is 7.38. The molecule has 1 aliphatic heterocycles. The maximum Gasteiger partial charge on any atom is 0.269 e. The van der Waals surface area contributed by atoms with Crippen molar-refractivity contribution in [3.63, 3.8) is 0 Å². The number of hydrogen-bond acceptors (Lipinski definition) is 3. The van der Waals surface area contributed by atoms with E-state index in [9.17, 15) is 9.00 Å². The van der Waals surface area contributed by atoms with E-state index in [1.54, 1.807) is 25.2 Å². The first kappa shape index (κ1) is 13.3. The number of carbonyl (C=O) groups is 1. The predicted molar refractivity (Wildman–Crippen MR) is 76.4 cm³/mol. The van der Waals surface area contributed by atoms with Crippen molar-refractivity contribution in [1.82, 2.24) is 4.90 Å². The maximum atomic E-state index is 12.2. The van der Waals surface area contributed by atoms with Gasteiger partial charge >= 0.3 is 0 Å². The molecule has 0 aromatic heterocycles. The number of carbonyl (C=O) groups excluding carboxylic acids is 1. The van der Waals surface area contributed by atoms with Crippen molar-refractivity contribution in [2.45, 2.75) is 0 Å². The molecule has 1 atom stereocenters. The van der Waals surface area contributed by atoms with Crippen LogP contribution in [-0.4, -0.2) is 35.0 Å². The van der Waals surface area contributed by atoms with Crippen molar-refractivity contribution in [2.75, 3.05) is 24.9 Å². The first-order chi connectivity index (χ1) is 8.49. The Hall–Kier alpha value is -1.14. The van der Waals surface area contributed by atoms with Crippen LogP contribution in [0, 0.1) is 0 Å². The highest BCUT2D eigenvalue weighted by molar-refractivity contribution is 9.10. The minimum atomic E-state index is -1.26. The standard InChI is InChI=1S/C12H13BrN2O2S/c1-14(2)7-11-12(16)15(8-18(11)17)10-5-3-9(13)4-6-10/h3-7H,8H2,1-2H3/b11-7+/t18-/m1/s1. The van der Waals surface area contributed by atoms with E-state index in [2.05, 4.69) is 15.9 Å². The molecule has 2 rings (SSSR count). The third-order valence-corrected chi connectivity index (χ3v) is 4.25. The van der Waals surface area contributed by atoms with Crippen LogP contribution >= 0.6 is 15.9 Å². The molecule has 1 saturated heterocycles. The largest absolute Gasteiger partial charge is 0.382 e. The van der Waals surface area contributed by atoms with Gasteiger partial charge in [0.2, 0.25) is 0 Å². The highest BCUT2D eigenvalue weighted by Gasteiger charge is 2.33. The zero-order valence-corrected chi connectivity index (χ0v) is 12.5. The van der Waals surface area contributed by atoms with E-state index in [-0.39, 0.29) is 11.8 Å². The Balaban J connectivity index is 2.31. The zero-order valence-electron chi connectivity index (χ0n) is 10.1. The van der Waals surface area contributed by atoms with Gasteiger partial charge in [-0.3, -0.25) is 13.9 Å². The van der Waals surface area contributed by atoms with E-state index in [0.29, 0.717) is 4.91 Å². The van der Waals surface area contributed by atoms with Crippen molar-refractivity contribution in [3.8, 4) is 0 Å². The van der Waals surface area contributed by atoms with E-state index in [0.717, 1.165) is 10.2 Å². The van der Waals surface area contributed by atoms with E-state index in [1.807, 2.05) is 24.3 Å². The summed E-state index contributed by atoms with van der Waals surface area (Å²) in [5, 5.41) is 0. The van der Waals surface area contributed by atoms with Crippen LogP contribution in [-0.2, 0) is 15.6 Å². The predicted octanol–water partition coefficient (Wildman–Crippen LogP) is 1.90. The van der Waals surface area contributed by atoms with Gasteiger partial charge in [-0.1, -0.05) is 15.9 Å². The first-order valence-corrected chi connectivity index (χ1v) is 7.44. The average molecular weight is 329 g/mol. The van der Waals surface area contributed by atoms with Crippen molar-refractivity contribution in [2.24, 2.45) is 0 Å². The molecule has 0 saturated carbocycles. The number of halogens is 1. The first-order valence-electron chi connectivity index (χ1n) is 5.33. The number of nitrogens with zero attached hydrogens (tertiary/aromatic N) is 2. The number of anilines is 1.